The molecule has 0 spiro atoms. The van der Waals surface area contributed by atoms with Crippen molar-refractivity contribution in [2.45, 2.75) is 37.8 Å². The average Bonchev–Trinajstić information content (AvgIpc) is 2.74. The summed E-state index contributed by atoms with van der Waals surface area (Å²) in [6.45, 7) is 0. The van der Waals surface area contributed by atoms with Gasteiger partial charge in [-0.15, -0.1) is 11.3 Å². The van der Waals surface area contributed by atoms with E-state index in [0.29, 0.717) is 4.88 Å². The molecule has 1 aromatic heterocycles. The summed E-state index contributed by atoms with van der Waals surface area (Å²) in [6, 6.07) is 4.87. The highest BCUT2D eigenvalue weighted by Gasteiger charge is 2.23. The van der Waals surface area contributed by atoms with E-state index in [4.69, 9.17) is 5.73 Å². The lowest BCUT2D eigenvalue weighted by Crippen LogP contribution is -2.49. The third-order valence-electron chi connectivity index (χ3n) is 2.83. The van der Waals surface area contributed by atoms with Crippen LogP contribution < -0.4 is 11.1 Å². The number of thiophene rings is 1. The minimum absolute atomic E-state index is 0.0106. The zero-order valence-corrected chi connectivity index (χ0v) is 9.35. The van der Waals surface area contributed by atoms with Gasteiger partial charge in [0.2, 0.25) is 0 Å². The van der Waals surface area contributed by atoms with Crippen LogP contribution >= 0.6 is 11.3 Å². The molecular formula is C11H15N2OS. The summed E-state index contributed by atoms with van der Waals surface area (Å²) in [7, 11) is 0. The summed E-state index contributed by atoms with van der Waals surface area (Å²) in [5.41, 5.74) is 5.96. The van der Waals surface area contributed by atoms with Crippen LogP contribution in [0.5, 0.6) is 0 Å². The van der Waals surface area contributed by atoms with Crippen molar-refractivity contribution in [3.8, 4) is 0 Å². The molecule has 81 valence electrons. The van der Waals surface area contributed by atoms with Gasteiger partial charge in [0.05, 0.1) is 4.88 Å². The molecule has 2 atom stereocenters. The Morgan fingerprint density at radius 2 is 2.33 bits per heavy atom. The lowest BCUT2D eigenvalue weighted by Gasteiger charge is -2.29. The highest BCUT2D eigenvalue weighted by atomic mass is 32.1. The molecule has 0 bridgehead atoms. The number of amides is 1. The van der Waals surface area contributed by atoms with Crippen LogP contribution in [0.1, 0.15) is 35.4 Å². The van der Waals surface area contributed by atoms with Gasteiger partial charge in [0.15, 0.2) is 0 Å². The number of hydrogen-bond donors (Lipinski definition) is 2. The lowest BCUT2D eigenvalue weighted by atomic mass is 9.91. The number of nitrogens with two attached hydrogens (primary N) is 1. The molecule has 0 saturated heterocycles. The lowest BCUT2D eigenvalue weighted by molar-refractivity contribution is 0.0925. The summed E-state index contributed by atoms with van der Waals surface area (Å²) < 4.78 is 0. The van der Waals surface area contributed by atoms with Crippen LogP contribution in [0.2, 0.25) is 0 Å². The van der Waals surface area contributed by atoms with Gasteiger partial charge in [-0.25, -0.2) is 0 Å². The van der Waals surface area contributed by atoms with Gasteiger partial charge in [-0.05, 0) is 30.4 Å². The van der Waals surface area contributed by atoms with Gasteiger partial charge in [0, 0.05) is 12.1 Å². The highest BCUT2D eigenvalue weighted by Crippen LogP contribution is 2.18. The van der Waals surface area contributed by atoms with Crippen molar-refractivity contribution in [3.05, 3.63) is 22.4 Å². The molecule has 1 aliphatic rings. The van der Waals surface area contributed by atoms with E-state index in [1.807, 2.05) is 0 Å². The van der Waals surface area contributed by atoms with Crippen LogP contribution in [-0.4, -0.2) is 18.0 Å². The van der Waals surface area contributed by atoms with Gasteiger partial charge in [0.25, 0.3) is 5.91 Å². The van der Waals surface area contributed by atoms with Crippen molar-refractivity contribution in [3.63, 3.8) is 0 Å². The fraction of sp³-hybridized carbons (Fsp3) is 0.545. The maximum Gasteiger partial charge on any atom is 0.261 e. The summed E-state index contributed by atoms with van der Waals surface area (Å²) in [5, 5.41) is 4.78. The van der Waals surface area contributed by atoms with E-state index in [1.165, 1.54) is 17.8 Å². The molecule has 3 N–H and O–H groups in total. The Hall–Kier alpha value is -0.870. The van der Waals surface area contributed by atoms with Gasteiger partial charge in [-0.1, -0.05) is 12.8 Å². The third-order valence-corrected chi connectivity index (χ3v) is 3.64. The molecule has 4 heteroatoms. The standard InChI is InChI=1S/C11H15N2OS/c12-8-4-1-2-5-9(8)13-11(14)10-6-3-7-15-10/h6-9H,1-2,4-5,12H2,(H,13,14)/t8-,9+/m1/s1. The summed E-state index contributed by atoms with van der Waals surface area (Å²) >= 11 is 1.41. The largest absolute Gasteiger partial charge is 0.347 e. The SMILES string of the molecule is N[C@@H]1CCCC[C@@H]1NC(=O)c1c[c]cs1. The van der Waals surface area contributed by atoms with Gasteiger partial charge < -0.3 is 11.1 Å². The minimum Gasteiger partial charge on any atom is -0.347 e. The van der Waals surface area contributed by atoms with E-state index >= 15 is 0 Å². The Balaban J connectivity index is 1.93. The second-order valence-electron chi connectivity index (χ2n) is 3.94. The van der Waals surface area contributed by atoms with Crippen LogP contribution in [0.3, 0.4) is 0 Å². The van der Waals surface area contributed by atoms with Crippen LogP contribution in [0.15, 0.2) is 11.4 Å². The van der Waals surface area contributed by atoms with Crippen molar-refractivity contribution in [2.24, 2.45) is 5.73 Å². The maximum absolute atomic E-state index is 11.7. The Kier molecular flexibility index (Phi) is 3.38. The van der Waals surface area contributed by atoms with Crippen LogP contribution in [-0.2, 0) is 0 Å². The zero-order valence-electron chi connectivity index (χ0n) is 8.53. The monoisotopic (exact) mass is 223 g/mol. The predicted molar refractivity (Wildman–Crippen MR) is 60.9 cm³/mol. The molecule has 1 saturated carbocycles. The molecular weight excluding hydrogens is 208 g/mol. The molecule has 1 heterocycles. The smallest absolute Gasteiger partial charge is 0.261 e. The van der Waals surface area contributed by atoms with Gasteiger partial charge >= 0.3 is 0 Å². The number of nitrogens with one attached hydrogen (secondary N) is 1. The summed E-state index contributed by atoms with van der Waals surface area (Å²) in [6.07, 6.45) is 4.36. The molecule has 3 nitrogen and oxygen atoms in total. The van der Waals surface area contributed by atoms with E-state index < -0.39 is 0 Å². The van der Waals surface area contributed by atoms with E-state index in [-0.39, 0.29) is 18.0 Å². The first-order chi connectivity index (χ1) is 7.27. The molecule has 1 radical (unpaired) electrons. The number of carbonyl (C=O) groups is 1. The van der Waals surface area contributed by atoms with E-state index in [0.717, 1.165) is 19.3 Å². The second-order valence-corrected chi connectivity index (χ2v) is 4.85. The molecule has 0 unspecified atom stereocenters. The van der Waals surface area contributed by atoms with Crippen molar-refractivity contribution in [1.82, 2.24) is 5.32 Å². The molecule has 0 aromatic carbocycles. The Morgan fingerprint density at radius 1 is 1.53 bits per heavy atom. The maximum atomic E-state index is 11.7. The van der Waals surface area contributed by atoms with Crippen LogP contribution in [0.4, 0.5) is 0 Å². The van der Waals surface area contributed by atoms with Crippen molar-refractivity contribution < 1.29 is 4.79 Å². The molecule has 1 amide bonds. The number of carbonyl (C=O) groups excluding carboxylic acids is 1. The first kappa shape index (κ1) is 10.6. The first-order valence-electron chi connectivity index (χ1n) is 5.28. The third kappa shape index (κ3) is 2.58. The molecule has 0 aliphatic heterocycles. The van der Waals surface area contributed by atoms with Gasteiger partial charge in [0.1, 0.15) is 0 Å². The Morgan fingerprint density at radius 3 is 3.00 bits per heavy atom. The first-order valence-corrected chi connectivity index (χ1v) is 6.16. The predicted octanol–water partition coefficient (Wildman–Crippen LogP) is 1.55. The Bertz CT molecular complexity index is 323. The van der Waals surface area contributed by atoms with Crippen molar-refractivity contribution in [1.29, 1.82) is 0 Å². The summed E-state index contributed by atoms with van der Waals surface area (Å²) in [4.78, 5) is 12.5. The van der Waals surface area contributed by atoms with Crippen LogP contribution in [0.25, 0.3) is 0 Å². The molecule has 1 aliphatic carbocycles. The topological polar surface area (TPSA) is 55.1 Å². The minimum atomic E-state index is -0.0106. The van der Waals surface area contributed by atoms with Gasteiger partial charge in [-0.2, -0.15) is 0 Å². The average molecular weight is 223 g/mol. The molecule has 1 fully saturated rings. The quantitative estimate of drug-likeness (QED) is 0.799. The Labute approximate surface area is 93.7 Å². The fourth-order valence-corrected chi connectivity index (χ4v) is 2.50. The normalized spacial score (nSPS) is 26.2. The fourth-order valence-electron chi connectivity index (χ4n) is 1.94. The molecule has 2 rings (SSSR count). The van der Waals surface area contributed by atoms with Gasteiger partial charge in [-0.3, -0.25) is 4.79 Å². The van der Waals surface area contributed by atoms with E-state index in [1.54, 1.807) is 11.4 Å². The zero-order chi connectivity index (χ0) is 10.7. The number of rotatable bonds is 2. The highest BCUT2D eigenvalue weighted by molar-refractivity contribution is 7.12. The van der Waals surface area contributed by atoms with Crippen molar-refractivity contribution in [2.75, 3.05) is 0 Å². The van der Waals surface area contributed by atoms with Crippen molar-refractivity contribution >= 4 is 17.2 Å². The molecule has 15 heavy (non-hydrogen) atoms. The van der Waals surface area contributed by atoms with Crippen LogP contribution in [0, 0.1) is 6.07 Å². The van der Waals surface area contributed by atoms with E-state index in [9.17, 15) is 4.79 Å². The summed E-state index contributed by atoms with van der Waals surface area (Å²) in [5.74, 6) is -0.0106. The molecule has 1 aromatic rings. The number of hydrogen-bond acceptors (Lipinski definition) is 3. The van der Waals surface area contributed by atoms with E-state index in [2.05, 4.69) is 11.4 Å². The second kappa shape index (κ2) is 4.77.